The molecule has 3 aromatic rings. The number of ether oxygens (including phenoxy) is 2. The van der Waals surface area contributed by atoms with Crippen LogP contribution >= 0.6 is 0 Å². The first-order valence-corrected chi connectivity index (χ1v) is 40.6. The predicted octanol–water partition coefficient (Wildman–Crippen LogP) is -2.89. The lowest BCUT2D eigenvalue weighted by molar-refractivity contribution is -0.156. The molecule has 0 spiro atoms. The number of esters is 1. The Morgan fingerprint density at radius 2 is 1.08 bits per heavy atom. The largest absolute Gasteiger partial charge is 0.481 e. The fraction of sp³-hybridized carbons (Fsp3) is 0.562. The molecule has 1 aliphatic heterocycles. The fourth-order valence-electron chi connectivity index (χ4n) is 12.8. The van der Waals surface area contributed by atoms with Crippen molar-refractivity contribution in [3.8, 4) is 0 Å². The van der Waals surface area contributed by atoms with Crippen molar-refractivity contribution in [2.24, 2.45) is 11.7 Å². The van der Waals surface area contributed by atoms with Crippen LogP contribution in [-0.2, 0) is 107 Å². The summed E-state index contributed by atoms with van der Waals surface area (Å²) in [6.07, 6.45) is -0.261. The van der Waals surface area contributed by atoms with Gasteiger partial charge in [-0.05, 0) is 83.6 Å². The molecule has 15 amide bonds. The zero-order chi connectivity index (χ0) is 93.4. The number of alkyl carbamates (subject to hydrolysis) is 1. The number of unbranched alkanes of at least 4 members (excludes halogenated alkanes) is 9. The van der Waals surface area contributed by atoms with Gasteiger partial charge in [0.05, 0.1) is 51.8 Å². The van der Waals surface area contributed by atoms with E-state index in [1.54, 1.807) is 30.5 Å². The zero-order valence-corrected chi connectivity index (χ0v) is 70.5. The molecule has 2 heterocycles. The molecule has 0 aliphatic carbocycles. The van der Waals surface area contributed by atoms with Crippen molar-refractivity contribution in [3.05, 3.63) is 65.9 Å². The van der Waals surface area contributed by atoms with Gasteiger partial charge >= 0.3 is 35.9 Å². The Morgan fingerprint density at radius 1 is 0.552 bits per heavy atom. The lowest BCUT2D eigenvalue weighted by atomic mass is 9.96. The van der Waals surface area contributed by atoms with Crippen molar-refractivity contribution in [3.63, 3.8) is 0 Å². The maximum Gasteiger partial charge on any atom is 0.407 e. The van der Waals surface area contributed by atoms with Crippen molar-refractivity contribution < 1.29 is 136 Å². The molecule has 0 radical (unpaired) electrons. The standard InChI is InChI=1S/C80H115N17O28/c1-8-9-10-11-12-13-14-15-16-17-28-59(101)89-50(31-44-37-84-48-26-21-19-23-45(44)48)72(116)92-51(33-58(82)100)73(117)94-54(36-65(110)111)74(118)97-67-43(4)124-78(122)55(32-57(99)46-24-18-20-25-47(46)81)95-77(121)66(41(2)30-62(104)105)96-75(119)56(40-98)90-61(103)38-85-69(113)52(34-63(106)107)91-68(112)42(3)87-71(115)53(35-64(108)109)93-70(114)49(88-60(102)39-86-76(67)120)27-22-29-83-79(123)125-80(5,6)7/h18-21,23-26,37,41-43,49-56,66-67,84,98H,8-17,22,27-36,38-40,81H2,1-7H3,(H2,82,100)(H,83,123)(H,85,113)(H,86,120)(H,87,115)(H,88,102)(H,89,101)(H,90,103)(H,91,112)(H,92,116)(H,93,114)(H,94,117)(H,95,121)(H,96,119)(H,97,118)(H,104,105)(H,106,107)(H,108,109)(H,110,111). The van der Waals surface area contributed by atoms with Crippen LogP contribution in [0.4, 0.5) is 10.5 Å². The minimum absolute atomic E-state index is 0.0270. The third-order valence-electron chi connectivity index (χ3n) is 19.3. The lowest BCUT2D eigenvalue weighted by Gasteiger charge is -2.30. The van der Waals surface area contributed by atoms with Gasteiger partial charge in [-0.1, -0.05) is 102 Å². The predicted molar refractivity (Wildman–Crippen MR) is 439 cm³/mol. The third-order valence-corrected chi connectivity index (χ3v) is 19.3. The van der Waals surface area contributed by atoms with Crippen LogP contribution in [0, 0.1) is 5.92 Å². The van der Waals surface area contributed by atoms with Crippen molar-refractivity contribution >= 4 is 141 Å². The number of rotatable bonds is 39. The number of aliphatic hydroxyl groups is 1. The second-order valence-electron chi connectivity index (χ2n) is 30.9. The number of carboxylic acid groups (broad SMARTS) is 4. The number of hydrogen-bond acceptors (Lipinski definition) is 25. The Balaban J connectivity index is 1.90. The number of carboxylic acids is 4. The van der Waals surface area contributed by atoms with E-state index in [-0.39, 0.29) is 37.1 Å². The molecule has 45 nitrogen and oxygen atoms in total. The topological polar surface area (TPSA) is 714 Å². The number of carbonyl (C=O) groups is 21. The van der Waals surface area contributed by atoms with E-state index < -0.39 is 273 Å². The van der Waals surface area contributed by atoms with Gasteiger partial charge in [0.1, 0.15) is 78.2 Å². The summed E-state index contributed by atoms with van der Waals surface area (Å²) in [5, 5.41) is 81.5. The SMILES string of the molecule is CCCCCCCCCCCCC(=O)NC(Cc1c[nH]c2ccccc12)C(=O)NC(CC(N)=O)C(=O)NC(CC(=O)O)C(=O)NC1C(=O)NCC(=O)NC(CCCNC(=O)OC(C)(C)C)C(=O)NC(CC(=O)O)C(=O)NC(C)C(=O)NC(CC(=O)O)C(=O)NCC(=O)NC(CO)C(=O)NC(C(C)CC(=O)O)C(=O)NC(CC(=O)c2ccccc2N)C(=O)OC1C. The number of cyclic esters (lactones) is 1. The number of Topliss-reactive ketones (excluding diaryl/α,β-unsaturated/α-hetero) is 1. The molecule has 0 bridgehead atoms. The van der Waals surface area contributed by atoms with Crippen LogP contribution in [0.1, 0.15) is 186 Å². The number of ketones is 1. The molecule has 2 aromatic carbocycles. The number of aliphatic hydroxyl groups excluding tert-OH is 1. The summed E-state index contributed by atoms with van der Waals surface area (Å²) in [7, 11) is 0. The fourth-order valence-corrected chi connectivity index (χ4v) is 12.8. The molecule has 45 heteroatoms. The average molecular weight is 1760 g/mol. The number of hydrogen-bond donors (Lipinski definition) is 22. The number of primary amides is 1. The third kappa shape index (κ3) is 37.9. The number of nitrogen functional groups attached to an aromatic ring is 1. The number of benzene rings is 2. The molecule has 24 N–H and O–H groups in total. The molecule has 4 rings (SSSR count). The highest BCUT2D eigenvalue weighted by molar-refractivity contribution is 6.05. The highest BCUT2D eigenvalue weighted by Crippen LogP contribution is 2.22. The van der Waals surface area contributed by atoms with Crippen molar-refractivity contribution in [2.45, 2.75) is 255 Å². The second-order valence-corrected chi connectivity index (χ2v) is 30.9. The van der Waals surface area contributed by atoms with Crippen molar-refractivity contribution in [2.75, 3.05) is 32.0 Å². The summed E-state index contributed by atoms with van der Waals surface area (Å²) in [4.78, 5) is 292. The normalized spacial score (nSPS) is 20.5. The van der Waals surface area contributed by atoms with E-state index in [0.717, 1.165) is 72.1 Å². The highest BCUT2D eigenvalue weighted by Gasteiger charge is 2.41. The number of anilines is 1. The van der Waals surface area contributed by atoms with E-state index in [4.69, 9.17) is 20.9 Å². The molecule has 1 aliphatic rings. The summed E-state index contributed by atoms with van der Waals surface area (Å²) in [5.41, 5.74) is 11.4. The molecular formula is C80H115N17O28. The number of para-hydroxylation sites is 2. The van der Waals surface area contributed by atoms with Crippen LogP contribution in [0.2, 0.25) is 0 Å². The first-order chi connectivity index (χ1) is 58.9. The molecule has 1 fully saturated rings. The molecule has 1 saturated heterocycles. The monoisotopic (exact) mass is 1760 g/mol. The molecule has 1 aromatic heterocycles. The van der Waals surface area contributed by atoms with E-state index in [2.05, 4.69) is 70.4 Å². The number of nitrogens with two attached hydrogens (primary N) is 2. The van der Waals surface area contributed by atoms with E-state index in [1.807, 2.05) is 16.0 Å². The van der Waals surface area contributed by atoms with E-state index in [9.17, 15) is 126 Å². The summed E-state index contributed by atoms with van der Waals surface area (Å²) >= 11 is 0. The van der Waals surface area contributed by atoms with Gasteiger partial charge in [0, 0.05) is 54.2 Å². The Morgan fingerprint density at radius 3 is 1.66 bits per heavy atom. The Kier molecular flexibility index (Phi) is 43.4. The number of H-pyrrole nitrogens is 1. The first kappa shape index (κ1) is 104. The van der Waals surface area contributed by atoms with Gasteiger partial charge in [-0.25, -0.2) is 9.59 Å². The van der Waals surface area contributed by atoms with Crippen molar-refractivity contribution in [1.29, 1.82) is 0 Å². The number of aromatic nitrogens is 1. The zero-order valence-electron chi connectivity index (χ0n) is 70.5. The van der Waals surface area contributed by atoms with Gasteiger partial charge < -0.3 is 126 Å². The smallest absolute Gasteiger partial charge is 0.407 e. The van der Waals surface area contributed by atoms with Crippen LogP contribution in [-0.4, -0.2) is 259 Å². The Hall–Kier alpha value is -13.4. The molecule has 13 unspecified atom stereocenters. The van der Waals surface area contributed by atoms with Crippen LogP contribution in [0.15, 0.2) is 54.7 Å². The number of carbonyl (C=O) groups excluding carboxylic acids is 17. The number of fused-ring (bicyclic) bond motifs is 1. The van der Waals surface area contributed by atoms with Crippen LogP contribution in [0.5, 0.6) is 0 Å². The van der Waals surface area contributed by atoms with Gasteiger partial charge in [0.15, 0.2) is 5.78 Å². The maximum atomic E-state index is 15.0. The Bertz CT molecular complexity index is 4360. The number of nitrogens with one attached hydrogen (secondary N) is 15. The molecule has 13 atom stereocenters. The van der Waals surface area contributed by atoms with E-state index >= 15 is 0 Å². The quantitative estimate of drug-likeness (QED) is 0.0118. The summed E-state index contributed by atoms with van der Waals surface area (Å²) < 4.78 is 11.0. The molecular weight excluding hydrogens is 1650 g/mol. The number of aliphatic carboxylic acids is 4. The lowest BCUT2D eigenvalue weighted by Crippen LogP contribution is -2.62. The molecule has 0 saturated carbocycles. The molecule has 688 valence electrons. The number of aromatic amines is 1. The van der Waals surface area contributed by atoms with E-state index in [1.165, 1.54) is 45.0 Å². The van der Waals surface area contributed by atoms with Gasteiger partial charge in [0.25, 0.3) is 0 Å². The van der Waals surface area contributed by atoms with Gasteiger partial charge in [-0.15, -0.1) is 0 Å². The minimum Gasteiger partial charge on any atom is -0.481 e. The summed E-state index contributed by atoms with van der Waals surface area (Å²) in [5.74, 6) is -30.2. The summed E-state index contributed by atoms with van der Waals surface area (Å²) in [6.45, 7) is 5.52. The van der Waals surface area contributed by atoms with Crippen LogP contribution < -0.4 is 85.9 Å². The maximum absolute atomic E-state index is 15.0. The van der Waals surface area contributed by atoms with Gasteiger partial charge in [-0.3, -0.25) is 91.1 Å². The van der Waals surface area contributed by atoms with Gasteiger partial charge in [-0.2, -0.15) is 0 Å². The second kappa shape index (κ2) is 52.2. The highest BCUT2D eigenvalue weighted by atomic mass is 16.6. The first-order valence-electron chi connectivity index (χ1n) is 40.6. The van der Waals surface area contributed by atoms with Gasteiger partial charge in [0.2, 0.25) is 82.7 Å². The van der Waals surface area contributed by atoms with Crippen LogP contribution in [0.3, 0.4) is 0 Å². The Labute approximate surface area is 717 Å². The van der Waals surface area contributed by atoms with Crippen LogP contribution in [0.25, 0.3) is 10.9 Å². The van der Waals surface area contributed by atoms with Crippen molar-refractivity contribution in [1.82, 2.24) is 79.4 Å². The average Bonchev–Trinajstić information content (AvgIpc) is 1.66. The number of amides is 15. The molecule has 125 heavy (non-hydrogen) atoms. The summed E-state index contributed by atoms with van der Waals surface area (Å²) in [6, 6.07) is -11.0. The van der Waals surface area contributed by atoms with E-state index in [0.29, 0.717) is 29.3 Å². The minimum atomic E-state index is -2.49.